The van der Waals surface area contributed by atoms with E-state index in [-0.39, 0.29) is 5.91 Å². The molecule has 0 radical (unpaired) electrons. The van der Waals surface area contributed by atoms with E-state index in [1.807, 2.05) is 24.3 Å². The molecule has 0 saturated carbocycles. The van der Waals surface area contributed by atoms with Crippen LogP contribution in [0.2, 0.25) is 0 Å². The van der Waals surface area contributed by atoms with Gasteiger partial charge in [0.05, 0.1) is 0 Å². The molecule has 1 rings (SSSR count). The Labute approximate surface area is 85.8 Å². The molecule has 0 bridgehead atoms. The lowest BCUT2D eigenvalue weighted by Crippen LogP contribution is -2.13. The van der Waals surface area contributed by atoms with Crippen LogP contribution in [-0.4, -0.2) is 13.0 Å². The number of rotatable bonds is 2. The second-order valence-electron chi connectivity index (χ2n) is 2.47. The highest BCUT2D eigenvalue weighted by Crippen LogP contribution is 2.16. The smallest absolute Gasteiger partial charge is 0.243 e. The molecule has 13 heavy (non-hydrogen) atoms. The van der Waals surface area contributed by atoms with Gasteiger partial charge >= 0.3 is 0 Å². The van der Waals surface area contributed by atoms with E-state index < -0.39 is 0 Å². The number of nitrogens with one attached hydrogen (secondary N) is 1. The van der Waals surface area contributed by atoms with Crippen LogP contribution >= 0.6 is 15.9 Å². The summed E-state index contributed by atoms with van der Waals surface area (Å²) in [6, 6.07) is 7.72. The van der Waals surface area contributed by atoms with Gasteiger partial charge in [0, 0.05) is 17.6 Å². The minimum atomic E-state index is -0.101. The first kappa shape index (κ1) is 9.99. The number of carbonyl (C=O) groups excluding carboxylic acids is 1. The van der Waals surface area contributed by atoms with Crippen LogP contribution in [-0.2, 0) is 4.79 Å². The van der Waals surface area contributed by atoms with Crippen molar-refractivity contribution in [1.29, 1.82) is 0 Å². The van der Waals surface area contributed by atoms with Crippen molar-refractivity contribution in [2.24, 2.45) is 0 Å². The number of hydrogen-bond acceptors (Lipinski definition) is 1. The van der Waals surface area contributed by atoms with Crippen molar-refractivity contribution in [3.63, 3.8) is 0 Å². The molecule has 0 atom stereocenters. The number of carbonyl (C=O) groups is 1. The maximum atomic E-state index is 10.9. The van der Waals surface area contributed by atoms with Crippen molar-refractivity contribution in [2.45, 2.75) is 0 Å². The van der Waals surface area contributed by atoms with Crippen LogP contribution < -0.4 is 5.32 Å². The summed E-state index contributed by atoms with van der Waals surface area (Å²) in [5.41, 5.74) is 0.992. The van der Waals surface area contributed by atoms with E-state index in [1.165, 1.54) is 6.08 Å². The second kappa shape index (κ2) is 4.82. The summed E-state index contributed by atoms with van der Waals surface area (Å²) in [5, 5.41) is 2.51. The summed E-state index contributed by atoms with van der Waals surface area (Å²) < 4.78 is 0.982. The molecule has 3 heteroatoms. The molecule has 0 saturated heterocycles. The SMILES string of the molecule is CNC(=O)C=Cc1ccccc1Br. The number of amides is 1. The number of halogens is 1. The molecule has 0 fully saturated rings. The van der Waals surface area contributed by atoms with E-state index in [0.717, 1.165) is 10.0 Å². The summed E-state index contributed by atoms with van der Waals surface area (Å²) >= 11 is 3.39. The van der Waals surface area contributed by atoms with E-state index in [1.54, 1.807) is 13.1 Å². The third kappa shape index (κ3) is 3.03. The first-order valence-electron chi connectivity index (χ1n) is 3.88. The third-order valence-corrected chi connectivity index (χ3v) is 2.29. The Bertz CT molecular complexity index is 333. The standard InChI is InChI=1S/C10H10BrNO/c1-12-10(13)7-6-8-4-2-3-5-9(8)11/h2-7H,1H3,(H,12,13). The Morgan fingerprint density at radius 2 is 2.15 bits per heavy atom. The van der Waals surface area contributed by atoms with Gasteiger partial charge in [0.1, 0.15) is 0 Å². The molecular weight excluding hydrogens is 230 g/mol. The molecule has 68 valence electrons. The van der Waals surface area contributed by atoms with E-state index in [4.69, 9.17) is 0 Å². The molecule has 0 spiro atoms. The molecule has 0 aliphatic rings. The van der Waals surface area contributed by atoms with Crippen LogP contribution in [0.5, 0.6) is 0 Å². The highest BCUT2D eigenvalue weighted by Gasteiger charge is 1.93. The predicted octanol–water partition coefficient (Wildman–Crippen LogP) is 2.21. The summed E-state index contributed by atoms with van der Waals surface area (Å²) in [5.74, 6) is -0.101. The Balaban J connectivity index is 2.80. The maximum Gasteiger partial charge on any atom is 0.243 e. The molecule has 1 aromatic carbocycles. The van der Waals surface area contributed by atoms with Crippen LogP contribution in [0.15, 0.2) is 34.8 Å². The van der Waals surface area contributed by atoms with Gasteiger partial charge in [0.25, 0.3) is 0 Å². The highest BCUT2D eigenvalue weighted by atomic mass is 79.9. The van der Waals surface area contributed by atoms with Crippen molar-refractivity contribution in [3.8, 4) is 0 Å². The van der Waals surface area contributed by atoms with Crippen molar-refractivity contribution < 1.29 is 4.79 Å². The predicted molar refractivity (Wildman–Crippen MR) is 57.2 cm³/mol. The van der Waals surface area contributed by atoms with E-state index >= 15 is 0 Å². The number of benzene rings is 1. The normalized spacial score (nSPS) is 10.3. The molecule has 0 unspecified atom stereocenters. The maximum absolute atomic E-state index is 10.9. The second-order valence-corrected chi connectivity index (χ2v) is 3.32. The highest BCUT2D eigenvalue weighted by molar-refractivity contribution is 9.10. The molecule has 0 aliphatic heterocycles. The van der Waals surface area contributed by atoms with Crippen LogP contribution in [0.25, 0.3) is 6.08 Å². The van der Waals surface area contributed by atoms with Crippen molar-refractivity contribution >= 4 is 27.9 Å². The Morgan fingerprint density at radius 3 is 2.77 bits per heavy atom. The lowest BCUT2D eigenvalue weighted by atomic mass is 10.2. The minimum absolute atomic E-state index is 0.101. The van der Waals surface area contributed by atoms with Crippen LogP contribution in [0.4, 0.5) is 0 Å². The van der Waals surface area contributed by atoms with Gasteiger partial charge in [0.15, 0.2) is 0 Å². The number of likely N-dealkylation sites (N-methyl/N-ethyl adjacent to an activating group) is 1. The Hall–Kier alpha value is -1.09. The molecule has 1 aromatic rings. The van der Waals surface area contributed by atoms with Gasteiger partial charge in [-0.2, -0.15) is 0 Å². The quantitative estimate of drug-likeness (QED) is 0.789. The summed E-state index contributed by atoms with van der Waals surface area (Å²) in [7, 11) is 1.60. The molecule has 0 aromatic heterocycles. The van der Waals surface area contributed by atoms with Gasteiger partial charge in [-0.25, -0.2) is 0 Å². The van der Waals surface area contributed by atoms with Crippen LogP contribution in [0.1, 0.15) is 5.56 Å². The molecule has 1 amide bonds. The first-order valence-corrected chi connectivity index (χ1v) is 4.67. The van der Waals surface area contributed by atoms with E-state index in [2.05, 4.69) is 21.2 Å². The van der Waals surface area contributed by atoms with E-state index in [0.29, 0.717) is 0 Å². The Morgan fingerprint density at radius 1 is 1.46 bits per heavy atom. The fourth-order valence-corrected chi connectivity index (χ4v) is 1.28. The zero-order valence-corrected chi connectivity index (χ0v) is 8.84. The van der Waals surface area contributed by atoms with Crippen LogP contribution in [0, 0.1) is 0 Å². The van der Waals surface area contributed by atoms with Gasteiger partial charge in [-0.1, -0.05) is 34.1 Å². The molecule has 0 aliphatic carbocycles. The molecule has 1 N–H and O–H groups in total. The Kier molecular flexibility index (Phi) is 3.71. The van der Waals surface area contributed by atoms with Gasteiger partial charge in [0.2, 0.25) is 5.91 Å². The lowest BCUT2D eigenvalue weighted by Gasteiger charge is -1.96. The van der Waals surface area contributed by atoms with Gasteiger partial charge in [-0.3, -0.25) is 4.79 Å². The van der Waals surface area contributed by atoms with Gasteiger partial charge in [-0.15, -0.1) is 0 Å². The fourth-order valence-electron chi connectivity index (χ4n) is 0.859. The summed E-state index contributed by atoms with van der Waals surface area (Å²) in [6.45, 7) is 0. The molecular formula is C10H10BrNO. The van der Waals surface area contributed by atoms with Crippen molar-refractivity contribution in [1.82, 2.24) is 5.32 Å². The van der Waals surface area contributed by atoms with Crippen molar-refractivity contribution in [3.05, 3.63) is 40.4 Å². The largest absolute Gasteiger partial charge is 0.356 e. The first-order chi connectivity index (χ1) is 6.24. The van der Waals surface area contributed by atoms with Crippen LogP contribution in [0.3, 0.4) is 0 Å². The fraction of sp³-hybridized carbons (Fsp3) is 0.100. The monoisotopic (exact) mass is 239 g/mol. The average Bonchev–Trinajstić information content (AvgIpc) is 2.16. The topological polar surface area (TPSA) is 29.1 Å². The molecule has 2 nitrogen and oxygen atoms in total. The zero-order chi connectivity index (χ0) is 9.68. The van der Waals surface area contributed by atoms with Gasteiger partial charge in [-0.05, 0) is 17.7 Å². The average molecular weight is 240 g/mol. The number of hydrogen-bond donors (Lipinski definition) is 1. The summed E-state index contributed by atoms with van der Waals surface area (Å²) in [4.78, 5) is 10.9. The molecule has 0 heterocycles. The summed E-state index contributed by atoms with van der Waals surface area (Å²) in [6.07, 6.45) is 3.27. The third-order valence-electron chi connectivity index (χ3n) is 1.57. The lowest BCUT2D eigenvalue weighted by molar-refractivity contribution is -0.115. The van der Waals surface area contributed by atoms with E-state index in [9.17, 15) is 4.79 Å². The van der Waals surface area contributed by atoms with Crippen molar-refractivity contribution in [2.75, 3.05) is 7.05 Å². The zero-order valence-electron chi connectivity index (χ0n) is 7.25. The van der Waals surface area contributed by atoms with Gasteiger partial charge < -0.3 is 5.32 Å². The minimum Gasteiger partial charge on any atom is -0.356 e.